The Bertz CT molecular complexity index is 908. The number of hydrogen-bond donors (Lipinski definition) is 8. The molecule has 12 heteroatoms. The number of ether oxygens (including phenoxy) is 4. The van der Waals surface area contributed by atoms with Gasteiger partial charge in [-0.15, -0.1) is 0 Å². The molecule has 12 nitrogen and oxygen atoms in total. The van der Waals surface area contributed by atoms with Crippen LogP contribution in [0.3, 0.4) is 0 Å². The number of nitrogen functional groups attached to an aromatic ring is 1. The van der Waals surface area contributed by atoms with Crippen LogP contribution in [-0.4, -0.2) is 109 Å². The molecule has 0 aliphatic carbocycles. The normalized spacial score (nSPS) is 36.7. The van der Waals surface area contributed by atoms with Gasteiger partial charge < -0.3 is 60.4 Å². The lowest BCUT2D eigenvalue weighted by Gasteiger charge is -2.53. The number of benzene rings is 1. The molecule has 7 unspecified atom stereocenters. The molecule has 2 saturated heterocycles. The van der Waals surface area contributed by atoms with E-state index in [2.05, 4.69) is 0 Å². The summed E-state index contributed by atoms with van der Waals surface area (Å²) in [6.07, 6.45) is -9.58. The molecule has 2 aliphatic heterocycles. The summed E-state index contributed by atoms with van der Waals surface area (Å²) in [6.45, 7) is 5.86. The van der Waals surface area contributed by atoms with Crippen molar-refractivity contribution in [1.82, 2.24) is 0 Å². The van der Waals surface area contributed by atoms with Crippen LogP contribution in [0.15, 0.2) is 24.3 Å². The lowest BCUT2D eigenvalue weighted by atomic mass is 9.72. The van der Waals surface area contributed by atoms with Gasteiger partial charge in [-0.3, -0.25) is 0 Å². The molecular weight excluding hydrogens is 526 g/mol. The van der Waals surface area contributed by atoms with Gasteiger partial charge in [0.2, 0.25) is 6.29 Å². The highest BCUT2D eigenvalue weighted by molar-refractivity contribution is 5.41. The monoisotopic (exact) mass is 573 g/mol. The average Bonchev–Trinajstić information content (AvgIpc) is 2.93. The first kappa shape index (κ1) is 32.9. The lowest BCUT2D eigenvalue weighted by Crippen LogP contribution is -2.67. The molecule has 1 aromatic rings. The number of nitrogens with two attached hydrogens (primary N) is 1. The summed E-state index contributed by atoms with van der Waals surface area (Å²) < 4.78 is 23.9. The second kappa shape index (κ2) is 13.6. The van der Waals surface area contributed by atoms with E-state index in [0.29, 0.717) is 24.3 Å². The Morgan fingerprint density at radius 2 is 1.30 bits per heavy atom. The standard InChI is InChI=1S/C28H47NO11/c1-5-12-27(4,36)19-17(13-30)39-26(24(35)21(19)32)40-28(6-2,7-3)20-18(14-31)38-25(23(34)22(20)33)37-16-10-8-15(29)9-11-16/h8-11,17-26,30-36H,5-7,12-14,29H2,1-4H3/t17?,18?,19-,20-,21?,22?,23?,24?,25-,26-,27?/m1/s1. The largest absolute Gasteiger partial charge is 0.462 e. The number of anilines is 1. The van der Waals surface area contributed by atoms with Gasteiger partial charge in [0.25, 0.3) is 0 Å². The SMILES string of the molecule is CCCC(C)(O)[C@@H]1C(CO)O[C@H](OC(CC)(CC)[C@@H]2C(CO)O[C@@H](Oc3ccc(N)cc3)C(O)C2O)C(O)C1O. The smallest absolute Gasteiger partial charge is 0.229 e. The summed E-state index contributed by atoms with van der Waals surface area (Å²) in [5.41, 5.74) is 3.48. The van der Waals surface area contributed by atoms with Crippen LogP contribution in [0.25, 0.3) is 0 Å². The molecule has 230 valence electrons. The predicted molar refractivity (Wildman–Crippen MR) is 144 cm³/mol. The predicted octanol–water partition coefficient (Wildman–Crippen LogP) is -0.115. The summed E-state index contributed by atoms with van der Waals surface area (Å²) >= 11 is 0. The molecule has 3 rings (SSSR count). The number of aliphatic hydroxyl groups is 7. The summed E-state index contributed by atoms with van der Waals surface area (Å²) in [5, 5.41) is 75.8. The van der Waals surface area contributed by atoms with E-state index in [-0.39, 0.29) is 12.8 Å². The fourth-order valence-electron chi connectivity index (χ4n) is 6.34. The van der Waals surface area contributed by atoms with Gasteiger partial charge in [0.05, 0.1) is 48.8 Å². The van der Waals surface area contributed by atoms with E-state index in [1.807, 2.05) is 6.92 Å². The second-order valence-electron chi connectivity index (χ2n) is 11.1. The van der Waals surface area contributed by atoms with Crippen molar-refractivity contribution in [3.8, 4) is 5.75 Å². The molecule has 2 aliphatic rings. The first-order valence-corrected chi connectivity index (χ1v) is 14.1. The quantitative estimate of drug-likeness (QED) is 0.154. The van der Waals surface area contributed by atoms with Crippen LogP contribution in [0.2, 0.25) is 0 Å². The molecule has 0 radical (unpaired) electrons. The van der Waals surface area contributed by atoms with Crippen LogP contribution in [0.4, 0.5) is 5.69 Å². The molecule has 2 heterocycles. The molecule has 40 heavy (non-hydrogen) atoms. The molecule has 2 fully saturated rings. The zero-order valence-electron chi connectivity index (χ0n) is 23.7. The first-order valence-electron chi connectivity index (χ1n) is 14.1. The topological polar surface area (TPSA) is 205 Å². The maximum atomic E-state index is 11.3. The number of aliphatic hydroxyl groups excluding tert-OH is 6. The van der Waals surface area contributed by atoms with E-state index in [1.54, 1.807) is 38.1 Å². The highest BCUT2D eigenvalue weighted by atomic mass is 16.7. The van der Waals surface area contributed by atoms with Crippen LogP contribution in [0, 0.1) is 11.8 Å². The van der Waals surface area contributed by atoms with Crippen molar-refractivity contribution in [3.63, 3.8) is 0 Å². The highest BCUT2D eigenvalue weighted by Gasteiger charge is 2.58. The molecule has 0 amide bonds. The minimum atomic E-state index is -1.60. The molecule has 9 N–H and O–H groups in total. The van der Waals surface area contributed by atoms with Crippen LogP contribution >= 0.6 is 0 Å². The second-order valence-corrected chi connectivity index (χ2v) is 11.1. The minimum Gasteiger partial charge on any atom is -0.462 e. The summed E-state index contributed by atoms with van der Waals surface area (Å²) in [5.74, 6) is -1.66. The van der Waals surface area contributed by atoms with Crippen molar-refractivity contribution in [2.45, 2.75) is 114 Å². The lowest BCUT2D eigenvalue weighted by molar-refractivity contribution is -0.360. The third kappa shape index (κ3) is 6.57. The van der Waals surface area contributed by atoms with E-state index in [9.17, 15) is 35.7 Å². The molecule has 1 aromatic carbocycles. The van der Waals surface area contributed by atoms with E-state index >= 15 is 0 Å². The van der Waals surface area contributed by atoms with Gasteiger partial charge in [-0.1, -0.05) is 27.2 Å². The molecule has 11 atom stereocenters. The van der Waals surface area contributed by atoms with E-state index in [0.717, 1.165) is 0 Å². The average molecular weight is 574 g/mol. The van der Waals surface area contributed by atoms with Gasteiger partial charge in [-0.25, -0.2) is 0 Å². The number of rotatable bonds is 12. The minimum absolute atomic E-state index is 0.241. The van der Waals surface area contributed by atoms with Crippen LogP contribution in [0.5, 0.6) is 5.75 Å². The fourth-order valence-corrected chi connectivity index (χ4v) is 6.34. The Morgan fingerprint density at radius 3 is 1.82 bits per heavy atom. The van der Waals surface area contributed by atoms with Gasteiger partial charge in [0, 0.05) is 17.5 Å². The maximum absolute atomic E-state index is 11.3. The fraction of sp³-hybridized carbons (Fsp3) is 0.786. The maximum Gasteiger partial charge on any atom is 0.229 e. The van der Waals surface area contributed by atoms with Gasteiger partial charge in [-0.05, 0) is 50.5 Å². The zero-order chi connectivity index (χ0) is 29.8. The molecule has 0 bridgehead atoms. The van der Waals surface area contributed by atoms with Gasteiger partial charge in [0.15, 0.2) is 6.29 Å². The van der Waals surface area contributed by atoms with Gasteiger partial charge in [0.1, 0.15) is 18.0 Å². The van der Waals surface area contributed by atoms with Crippen molar-refractivity contribution < 1.29 is 54.7 Å². The number of hydrogen-bond acceptors (Lipinski definition) is 12. The van der Waals surface area contributed by atoms with Crippen LogP contribution in [-0.2, 0) is 14.2 Å². The van der Waals surface area contributed by atoms with Crippen LogP contribution < -0.4 is 10.5 Å². The molecule has 0 aromatic heterocycles. The Labute approximate surface area is 235 Å². The van der Waals surface area contributed by atoms with Crippen molar-refractivity contribution in [3.05, 3.63) is 24.3 Å². The third-order valence-corrected chi connectivity index (χ3v) is 8.53. The Hall–Kier alpha value is -1.58. The van der Waals surface area contributed by atoms with Crippen LogP contribution in [0.1, 0.15) is 53.4 Å². The molecule has 0 spiro atoms. The molecule has 0 saturated carbocycles. The Kier molecular flexibility index (Phi) is 11.2. The van der Waals surface area contributed by atoms with E-state index in [4.69, 9.17) is 24.7 Å². The molecular formula is C28H47NO11. The summed E-state index contributed by atoms with van der Waals surface area (Å²) in [7, 11) is 0. The highest BCUT2D eigenvalue weighted by Crippen LogP contribution is 2.44. The van der Waals surface area contributed by atoms with Gasteiger partial charge in [-0.2, -0.15) is 0 Å². The van der Waals surface area contributed by atoms with Crippen molar-refractivity contribution in [2.75, 3.05) is 18.9 Å². The van der Waals surface area contributed by atoms with E-state index in [1.165, 1.54) is 6.92 Å². The zero-order valence-corrected chi connectivity index (χ0v) is 23.7. The van der Waals surface area contributed by atoms with Gasteiger partial charge >= 0.3 is 0 Å². The van der Waals surface area contributed by atoms with Crippen molar-refractivity contribution in [2.24, 2.45) is 11.8 Å². The first-order chi connectivity index (χ1) is 18.9. The van der Waals surface area contributed by atoms with E-state index < -0.39 is 85.5 Å². The van der Waals surface area contributed by atoms with Crippen molar-refractivity contribution in [1.29, 1.82) is 0 Å². The van der Waals surface area contributed by atoms with Crippen molar-refractivity contribution >= 4 is 5.69 Å². The Balaban J connectivity index is 1.86. The Morgan fingerprint density at radius 1 is 0.800 bits per heavy atom. The summed E-state index contributed by atoms with van der Waals surface area (Å²) in [4.78, 5) is 0. The third-order valence-electron chi connectivity index (χ3n) is 8.53. The summed E-state index contributed by atoms with van der Waals surface area (Å²) in [6, 6.07) is 6.38.